The summed E-state index contributed by atoms with van der Waals surface area (Å²) < 4.78 is 0. The van der Waals surface area contributed by atoms with Gasteiger partial charge in [-0.15, -0.1) is 0 Å². The molecule has 0 saturated heterocycles. The number of fused-ring (bicyclic) bond motifs is 4. The van der Waals surface area contributed by atoms with E-state index in [1.807, 2.05) is 0 Å². The van der Waals surface area contributed by atoms with Crippen LogP contribution in [0.1, 0.15) is 0 Å². The lowest BCUT2D eigenvalue weighted by molar-refractivity contribution is 1.28. The van der Waals surface area contributed by atoms with Crippen LogP contribution in [-0.2, 0) is 0 Å². The quantitative estimate of drug-likeness (QED) is 0.150. The second kappa shape index (κ2) is 14.0. The third kappa shape index (κ3) is 6.02. The number of nitrogens with zero attached hydrogens (tertiary/aromatic N) is 1. The molecule has 0 saturated carbocycles. The fraction of sp³-hybridized carbons (Fsp3) is 0. The van der Waals surface area contributed by atoms with Gasteiger partial charge in [-0.25, -0.2) is 0 Å². The second-order valence-electron chi connectivity index (χ2n) is 14.1. The highest BCUT2D eigenvalue weighted by molar-refractivity contribution is 6.13. The van der Waals surface area contributed by atoms with Crippen molar-refractivity contribution in [3.05, 3.63) is 224 Å². The van der Waals surface area contributed by atoms with E-state index in [2.05, 4.69) is 229 Å². The molecule has 10 aromatic rings. The molecule has 0 amide bonds. The Morgan fingerprint density at radius 1 is 0.236 bits per heavy atom. The molecule has 0 aromatic heterocycles. The smallest absolute Gasteiger partial charge is 0.0540 e. The summed E-state index contributed by atoms with van der Waals surface area (Å²) >= 11 is 0. The minimum Gasteiger partial charge on any atom is -0.310 e. The van der Waals surface area contributed by atoms with E-state index in [0.29, 0.717) is 0 Å². The van der Waals surface area contributed by atoms with Crippen molar-refractivity contribution < 1.29 is 0 Å². The summed E-state index contributed by atoms with van der Waals surface area (Å²) in [5.41, 5.74) is 13.0. The molecule has 0 heterocycles. The molecular weight excluding hydrogens is 663 g/mol. The number of para-hydroxylation sites is 1. The van der Waals surface area contributed by atoms with Crippen molar-refractivity contribution in [2.24, 2.45) is 0 Å². The maximum Gasteiger partial charge on any atom is 0.0540 e. The topological polar surface area (TPSA) is 3.24 Å². The van der Waals surface area contributed by atoms with E-state index >= 15 is 0 Å². The lowest BCUT2D eigenvalue weighted by Gasteiger charge is -2.28. The minimum absolute atomic E-state index is 1.10. The highest BCUT2D eigenvalue weighted by atomic mass is 15.1. The Labute approximate surface area is 322 Å². The molecule has 258 valence electrons. The van der Waals surface area contributed by atoms with Crippen LogP contribution in [0.3, 0.4) is 0 Å². The fourth-order valence-electron chi connectivity index (χ4n) is 8.16. The van der Waals surface area contributed by atoms with Gasteiger partial charge < -0.3 is 4.90 Å². The number of hydrogen-bond acceptors (Lipinski definition) is 1. The van der Waals surface area contributed by atoms with Crippen LogP contribution in [0, 0.1) is 0 Å². The summed E-state index contributed by atoms with van der Waals surface area (Å²) in [4.78, 5) is 2.39. The van der Waals surface area contributed by atoms with Gasteiger partial charge in [0.15, 0.2) is 0 Å². The van der Waals surface area contributed by atoms with Crippen LogP contribution in [0.5, 0.6) is 0 Å². The molecule has 0 bridgehead atoms. The van der Waals surface area contributed by atoms with E-state index in [0.717, 1.165) is 17.1 Å². The van der Waals surface area contributed by atoms with E-state index in [9.17, 15) is 0 Å². The highest BCUT2D eigenvalue weighted by Gasteiger charge is 2.18. The van der Waals surface area contributed by atoms with Gasteiger partial charge in [0, 0.05) is 16.9 Å². The molecule has 0 aliphatic heterocycles. The summed E-state index contributed by atoms with van der Waals surface area (Å²) in [6.45, 7) is 0. The Morgan fingerprint density at radius 3 is 1.42 bits per heavy atom. The Hall–Kier alpha value is -7.22. The van der Waals surface area contributed by atoms with E-state index in [-0.39, 0.29) is 0 Å². The van der Waals surface area contributed by atoms with Crippen LogP contribution < -0.4 is 4.90 Å². The Balaban J connectivity index is 1.04. The summed E-state index contributed by atoms with van der Waals surface area (Å²) in [5.74, 6) is 0. The van der Waals surface area contributed by atoms with Gasteiger partial charge in [0.2, 0.25) is 0 Å². The molecule has 0 unspecified atom stereocenters. The first-order chi connectivity index (χ1) is 27.3. The summed E-state index contributed by atoms with van der Waals surface area (Å²) in [7, 11) is 0. The van der Waals surface area contributed by atoms with Crippen molar-refractivity contribution in [3.63, 3.8) is 0 Å². The molecule has 0 atom stereocenters. The number of benzene rings is 10. The molecule has 0 N–H and O–H groups in total. The van der Waals surface area contributed by atoms with Gasteiger partial charge >= 0.3 is 0 Å². The molecule has 0 fully saturated rings. The van der Waals surface area contributed by atoms with Crippen LogP contribution in [0.25, 0.3) is 76.8 Å². The first-order valence-electron chi connectivity index (χ1n) is 18.9. The minimum atomic E-state index is 1.10. The van der Waals surface area contributed by atoms with Crippen molar-refractivity contribution in [2.45, 2.75) is 0 Å². The van der Waals surface area contributed by atoms with Crippen molar-refractivity contribution >= 4 is 49.4 Å². The van der Waals surface area contributed by atoms with Crippen molar-refractivity contribution in [3.8, 4) is 44.5 Å². The van der Waals surface area contributed by atoms with Gasteiger partial charge in [0.1, 0.15) is 0 Å². The van der Waals surface area contributed by atoms with Crippen LogP contribution in [-0.4, -0.2) is 0 Å². The van der Waals surface area contributed by atoms with Crippen molar-refractivity contribution in [2.75, 3.05) is 4.90 Å². The molecule has 10 rings (SSSR count). The summed E-state index contributed by atoms with van der Waals surface area (Å²) in [6.07, 6.45) is 0. The monoisotopic (exact) mass is 699 g/mol. The van der Waals surface area contributed by atoms with Gasteiger partial charge in [-0.05, 0) is 108 Å². The first kappa shape index (κ1) is 32.4. The Bertz CT molecular complexity index is 2940. The van der Waals surface area contributed by atoms with E-state index < -0.39 is 0 Å². The molecule has 55 heavy (non-hydrogen) atoms. The predicted molar refractivity (Wildman–Crippen MR) is 235 cm³/mol. The first-order valence-corrected chi connectivity index (χ1v) is 18.9. The van der Waals surface area contributed by atoms with E-state index in [1.165, 1.54) is 76.8 Å². The zero-order valence-corrected chi connectivity index (χ0v) is 30.3. The molecular formula is C54H37N. The molecule has 1 nitrogen and oxygen atoms in total. The zero-order valence-electron chi connectivity index (χ0n) is 30.3. The average molecular weight is 700 g/mol. The zero-order chi connectivity index (χ0) is 36.6. The maximum atomic E-state index is 2.39. The molecule has 0 radical (unpaired) electrons. The molecule has 0 aliphatic carbocycles. The van der Waals surface area contributed by atoms with Crippen LogP contribution >= 0.6 is 0 Å². The fourth-order valence-corrected chi connectivity index (χ4v) is 8.16. The Morgan fingerprint density at radius 2 is 0.691 bits per heavy atom. The van der Waals surface area contributed by atoms with E-state index in [1.54, 1.807) is 0 Å². The summed E-state index contributed by atoms with van der Waals surface area (Å²) in [5, 5.41) is 7.61. The maximum absolute atomic E-state index is 2.39. The lowest BCUT2D eigenvalue weighted by atomic mass is 9.93. The molecule has 0 aliphatic rings. The normalized spacial score (nSPS) is 11.3. The third-order valence-corrected chi connectivity index (χ3v) is 10.9. The largest absolute Gasteiger partial charge is 0.310 e. The molecule has 10 aromatic carbocycles. The number of anilines is 3. The standard InChI is InChI=1S/C54H37N/c1-2-13-41(14-3-1)50-20-10-11-24-54(50)55(46-35-31-43(32-36-46)53-37-44-16-5-7-19-49(44)51-21-8-9-22-52(51)53)45-33-29-39(30-34-45)38-25-27-42(28-26-38)48-23-12-17-40-15-4-6-18-47(40)48/h1-37H. The number of rotatable bonds is 7. The number of hydrogen-bond donors (Lipinski definition) is 0. The van der Waals surface area contributed by atoms with Gasteiger partial charge in [-0.2, -0.15) is 0 Å². The van der Waals surface area contributed by atoms with Gasteiger partial charge in [-0.3, -0.25) is 0 Å². The Kier molecular flexibility index (Phi) is 8.24. The highest BCUT2D eigenvalue weighted by Crippen LogP contribution is 2.43. The second-order valence-corrected chi connectivity index (χ2v) is 14.1. The van der Waals surface area contributed by atoms with Gasteiger partial charge in [-0.1, -0.05) is 188 Å². The summed E-state index contributed by atoms with van der Waals surface area (Å²) in [6, 6.07) is 81.3. The van der Waals surface area contributed by atoms with E-state index in [4.69, 9.17) is 0 Å². The van der Waals surface area contributed by atoms with Crippen LogP contribution in [0.15, 0.2) is 224 Å². The molecule has 1 heteroatoms. The third-order valence-electron chi connectivity index (χ3n) is 10.9. The van der Waals surface area contributed by atoms with Gasteiger partial charge in [0.25, 0.3) is 0 Å². The average Bonchev–Trinajstić information content (AvgIpc) is 3.27. The lowest BCUT2D eigenvalue weighted by Crippen LogP contribution is -2.11. The SMILES string of the molecule is c1ccc(-c2ccccc2N(c2ccc(-c3ccc(-c4cccc5ccccc45)cc3)cc2)c2ccc(-c3cc4ccccc4c4ccccc34)cc2)cc1. The predicted octanol–water partition coefficient (Wildman–Crippen LogP) is 15.3. The van der Waals surface area contributed by atoms with Crippen molar-refractivity contribution in [1.29, 1.82) is 0 Å². The van der Waals surface area contributed by atoms with Gasteiger partial charge in [0.05, 0.1) is 5.69 Å². The van der Waals surface area contributed by atoms with Crippen molar-refractivity contribution in [1.82, 2.24) is 0 Å². The molecule has 0 spiro atoms. The van der Waals surface area contributed by atoms with Crippen LogP contribution in [0.4, 0.5) is 17.1 Å². The van der Waals surface area contributed by atoms with Crippen LogP contribution in [0.2, 0.25) is 0 Å².